The van der Waals surface area contributed by atoms with Crippen molar-refractivity contribution in [3.63, 3.8) is 0 Å². The predicted molar refractivity (Wildman–Crippen MR) is 160 cm³/mol. The molecule has 13 heteroatoms. The fourth-order valence-corrected chi connectivity index (χ4v) is 9.17. The summed E-state index contributed by atoms with van der Waals surface area (Å²) < 4.78 is 55.9. The molecule has 2 aromatic heterocycles. The number of nitrogens with one attached hydrogen (secondary N) is 1. The van der Waals surface area contributed by atoms with E-state index < -0.39 is 20.0 Å². The minimum Gasteiger partial charge on any atom is -0.334 e. The van der Waals surface area contributed by atoms with Gasteiger partial charge in [0.2, 0.25) is 20.0 Å². The molecule has 2 aromatic carbocycles. The predicted octanol–water partition coefficient (Wildman–Crippen LogP) is 3.87. The molecule has 2 atom stereocenters. The number of nitrogens with zero attached hydrogens (tertiary/aromatic N) is 6. The Bertz CT molecular complexity index is 1660. The van der Waals surface area contributed by atoms with E-state index in [1.807, 2.05) is 79.2 Å². The number of H-pyrrole nitrogens is 1. The van der Waals surface area contributed by atoms with Crippen LogP contribution in [-0.2, 0) is 38.6 Å². The molecule has 2 aliphatic heterocycles. The summed E-state index contributed by atoms with van der Waals surface area (Å²) in [6.07, 6.45) is 6.55. The van der Waals surface area contributed by atoms with Gasteiger partial charge in [0.25, 0.3) is 0 Å². The fourth-order valence-electron chi connectivity index (χ4n) is 5.61. The lowest BCUT2D eigenvalue weighted by molar-refractivity contribution is 0.376. The van der Waals surface area contributed by atoms with Gasteiger partial charge in [-0.3, -0.25) is 5.10 Å². The molecule has 0 saturated carbocycles. The van der Waals surface area contributed by atoms with Crippen molar-refractivity contribution in [1.82, 2.24) is 33.3 Å². The third-order valence-corrected chi connectivity index (χ3v) is 11.5. The summed E-state index contributed by atoms with van der Waals surface area (Å²) in [5.41, 5.74) is 2.67. The van der Waals surface area contributed by atoms with Gasteiger partial charge in [-0.25, -0.2) is 26.8 Å². The highest BCUT2D eigenvalue weighted by atomic mass is 32.2. The van der Waals surface area contributed by atoms with Crippen LogP contribution in [0.4, 0.5) is 0 Å². The van der Waals surface area contributed by atoms with Gasteiger partial charge in [0.15, 0.2) is 0 Å². The minimum atomic E-state index is -3.34. The van der Waals surface area contributed by atoms with Gasteiger partial charge in [0.05, 0.1) is 23.6 Å². The van der Waals surface area contributed by atoms with Crippen molar-refractivity contribution in [2.75, 3.05) is 13.1 Å². The number of hydrogen-bond donors (Lipinski definition) is 1. The first kappa shape index (κ1) is 30.1. The van der Waals surface area contributed by atoms with E-state index in [9.17, 15) is 16.8 Å². The van der Waals surface area contributed by atoms with Crippen molar-refractivity contribution in [2.24, 2.45) is 7.05 Å². The number of hydrogen-bond acceptors (Lipinski definition) is 7. The fraction of sp³-hybridized carbons (Fsp3) is 0.414. The molecule has 4 heterocycles. The van der Waals surface area contributed by atoms with Gasteiger partial charge in [-0.15, -0.1) is 0 Å². The first-order valence-corrected chi connectivity index (χ1v) is 17.3. The van der Waals surface area contributed by atoms with Crippen LogP contribution in [0.5, 0.6) is 0 Å². The lowest BCUT2D eigenvalue weighted by atomic mass is 10.2. The lowest BCUT2D eigenvalue weighted by Crippen LogP contribution is -2.33. The Morgan fingerprint density at radius 2 is 1.31 bits per heavy atom. The van der Waals surface area contributed by atoms with Gasteiger partial charge in [-0.2, -0.15) is 13.7 Å². The number of aromatic nitrogens is 5. The van der Waals surface area contributed by atoms with Gasteiger partial charge < -0.3 is 4.57 Å². The van der Waals surface area contributed by atoms with Gasteiger partial charge in [-0.05, 0) is 43.7 Å². The molecule has 6 rings (SSSR count). The summed E-state index contributed by atoms with van der Waals surface area (Å²) in [7, 11) is -4.74. The van der Waals surface area contributed by atoms with E-state index in [2.05, 4.69) is 20.2 Å². The molecule has 2 fully saturated rings. The molecule has 0 bridgehead atoms. The van der Waals surface area contributed by atoms with Crippen molar-refractivity contribution >= 4 is 20.0 Å². The third-order valence-electron chi connectivity index (χ3n) is 7.81. The standard InChI is InChI=1S/C16H21N3O2S.C13H16N4O2S/c1-13-11-17-16(18(13)2)15-9-6-10-19(15)22(20,21)12-14-7-4-3-5-8-14;18-20(19,9-11-5-2-1-3-6-11)17-8-4-7-12(17)13-14-10-15-16-13/h3-5,7-8,11,15H,6,9-10,12H2,1-2H3;1-3,5-6,10,12H,4,7-9H2,(H,14,15,16). The molecule has 0 radical (unpaired) electrons. The second-order valence-corrected chi connectivity index (χ2v) is 14.6. The highest BCUT2D eigenvalue weighted by Gasteiger charge is 2.38. The average molecular weight is 612 g/mol. The Morgan fingerprint density at radius 1 is 0.786 bits per heavy atom. The van der Waals surface area contributed by atoms with Crippen LogP contribution in [0.3, 0.4) is 0 Å². The molecule has 2 unspecified atom stereocenters. The van der Waals surface area contributed by atoms with Crippen LogP contribution < -0.4 is 0 Å². The number of aromatic amines is 1. The minimum absolute atomic E-state index is 0.0263. The smallest absolute Gasteiger partial charge is 0.218 e. The summed E-state index contributed by atoms with van der Waals surface area (Å²) in [5.74, 6) is 1.54. The highest BCUT2D eigenvalue weighted by Crippen LogP contribution is 2.35. The van der Waals surface area contributed by atoms with Crippen LogP contribution in [0.15, 0.2) is 73.2 Å². The van der Waals surface area contributed by atoms with Crippen LogP contribution in [0, 0.1) is 6.92 Å². The Kier molecular flexibility index (Phi) is 9.21. The quantitative estimate of drug-likeness (QED) is 0.320. The van der Waals surface area contributed by atoms with Crippen LogP contribution in [0.1, 0.15) is 66.2 Å². The number of benzene rings is 2. The molecule has 1 N–H and O–H groups in total. The van der Waals surface area contributed by atoms with Crippen molar-refractivity contribution in [2.45, 2.75) is 56.2 Å². The highest BCUT2D eigenvalue weighted by molar-refractivity contribution is 7.88. The van der Waals surface area contributed by atoms with Gasteiger partial charge >= 0.3 is 0 Å². The topological polar surface area (TPSA) is 134 Å². The monoisotopic (exact) mass is 611 g/mol. The summed E-state index contributed by atoms with van der Waals surface area (Å²) in [6, 6.07) is 18.2. The maximum absolute atomic E-state index is 12.8. The van der Waals surface area contributed by atoms with E-state index in [-0.39, 0.29) is 23.6 Å². The maximum atomic E-state index is 12.8. The second-order valence-electron chi connectivity index (χ2n) is 10.7. The van der Waals surface area contributed by atoms with Crippen molar-refractivity contribution in [3.8, 4) is 0 Å². The normalized spacial score (nSPS) is 20.0. The molecular weight excluding hydrogens is 574 g/mol. The summed E-state index contributed by atoms with van der Waals surface area (Å²) in [5, 5.41) is 6.59. The first-order valence-electron chi connectivity index (χ1n) is 14.1. The first-order chi connectivity index (χ1) is 20.2. The molecular formula is C29H37N7O4S2. The summed E-state index contributed by atoms with van der Waals surface area (Å²) in [6.45, 7) is 3.10. The number of rotatable bonds is 8. The average Bonchev–Trinajstić information content (AvgIpc) is 3.78. The molecule has 42 heavy (non-hydrogen) atoms. The Labute approximate surface area is 247 Å². The van der Waals surface area contributed by atoms with E-state index in [1.165, 1.54) is 6.33 Å². The Morgan fingerprint density at radius 3 is 1.79 bits per heavy atom. The second kappa shape index (κ2) is 12.9. The lowest BCUT2D eigenvalue weighted by Gasteiger charge is -2.24. The molecule has 224 valence electrons. The van der Waals surface area contributed by atoms with E-state index in [0.29, 0.717) is 18.9 Å². The number of sulfonamides is 2. The summed E-state index contributed by atoms with van der Waals surface area (Å²) >= 11 is 0. The Hall–Kier alpha value is -3.39. The molecule has 0 aliphatic carbocycles. The van der Waals surface area contributed by atoms with Gasteiger partial charge in [0, 0.05) is 32.0 Å². The zero-order valence-corrected chi connectivity index (χ0v) is 25.5. The van der Waals surface area contributed by atoms with Crippen LogP contribution in [0.25, 0.3) is 0 Å². The zero-order chi connectivity index (χ0) is 29.7. The molecule has 2 saturated heterocycles. The van der Waals surface area contributed by atoms with Crippen LogP contribution >= 0.6 is 0 Å². The van der Waals surface area contributed by atoms with Gasteiger partial charge in [0.1, 0.15) is 18.0 Å². The van der Waals surface area contributed by atoms with E-state index in [4.69, 9.17) is 0 Å². The number of aryl methyl sites for hydroxylation is 1. The van der Waals surface area contributed by atoms with Crippen LogP contribution in [-0.4, -0.2) is 63.3 Å². The van der Waals surface area contributed by atoms with Crippen molar-refractivity contribution < 1.29 is 16.8 Å². The van der Waals surface area contributed by atoms with Crippen molar-refractivity contribution in [3.05, 3.63) is 102 Å². The molecule has 0 spiro atoms. The summed E-state index contributed by atoms with van der Waals surface area (Å²) in [4.78, 5) is 8.52. The largest absolute Gasteiger partial charge is 0.334 e. The van der Waals surface area contributed by atoms with Gasteiger partial charge in [-0.1, -0.05) is 60.7 Å². The molecule has 4 aromatic rings. The third kappa shape index (κ3) is 6.80. The SMILES string of the molecule is Cc1cnc(C2CCCN2S(=O)(=O)Cc2ccccc2)n1C.O=S(=O)(Cc1ccccc1)N1CCCC1c1ncn[nH]1. The molecule has 11 nitrogen and oxygen atoms in total. The van der Waals surface area contributed by atoms with Crippen molar-refractivity contribution in [1.29, 1.82) is 0 Å². The zero-order valence-electron chi connectivity index (χ0n) is 23.9. The van der Waals surface area contributed by atoms with Crippen LogP contribution in [0.2, 0.25) is 0 Å². The van der Waals surface area contributed by atoms with E-state index >= 15 is 0 Å². The van der Waals surface area contributed by atoms with E-state index in [1.54, 1.807) is 14.8 Å². The molecule has 2 aliphatic rings. The maximum Gasteiger partial charge on any atom is 0.218 e. The van der Waals surface area contributed by atoms with E-state index in [0.717, 1.165) is 48.3 Å². The Balaban J connectivity index is 0.000000169. The number of imidazole rings is 1. The molecule has 0 amide bonds.